The van der Waals surface area contributed by atoms with Crippen LogP contribution in [-0.2, 0) is 16.1 Å². The molecule has 3 aromatic heterocycles. The Labute approximate surface area is 158 Å². The molecule has 0 amide bonds. The summed E-state index contributed by atoms with van der Waals surface area (Å²) in [6.07, 6.45) is 5.20. The lowest BCUT2D eigenvalue weighted by Crippen LogP contribution is -2.07. The molecular weight excluding hydrogens is 372 g/mol. The number of thioether (sulfide) groups is 1. The van der Waals surface area contributed by atoms with E-state index in [0.717, 1.165) is 16.7 Å². The van der Waals surface area contributed by atoms with Gasteiger partial charge in [-0.3, -0.25) is 9.78 Å². The fourth-order valence-corrected chi connectivity index (χ4v) is 3.23. The van der Waals surface area contributed by atoms with Crippen LogP contribution in [0.3, 0.4) is 0 Å². The molecule has 0 radical (unpaired) electrons. The summed E-state index contributed by atoms with van der Waals surface area (Å²) < 4.78 is 7.08. The smallest absolute Gasteiger partial charge is 0.316 e. The topological polar surface area (TPSA) is 69.4 Å². The number of halogens is 1. The Balaban J connectivity index is 1.34. The van der Waals surface area contributed by atoms with Crippen LogP contribution >= 0.6 is 23.4 Å². The molecule has 0 bridgehead atoms. The Bertz CT molecular complexity index is 1100. The van der Waals surface area contributed by atoms with Gasteiger partial charge in [0.05, 0.1) is 33.7 Å². The van der Waals surface area contributed by atoms with Gasteiger partial charge in [0.25, 0.3) is 0 Å². The summed E-state index contributed by atoms with van der Waals surface area (Å²) in [7, 11) is 0. The molecule has 4 rings (SSSR count). The molecule has 0 aliphatic heterocycles. The third-order valence-corrected chi connectivity index (χ3v) is 4.71. The van der Waals surface area contributed by atoms with E-state index < -0.39 is 0 Å². The summed E-state index contributed by atoms with van der Waals surface area (Å²) >= 11 is 7.24. The molecule has 0 fully saturated rings. The fraction of sp³-hybridized carbons (Fsp3) is 0.111. The van der Waals surface area contributed by atoms with E-state index in [4.69, 9.17) is 16.3 Å². The Morgan fingerprint density at radius 1 is 1.12 bits per heavy atom. The van der Waals surface area contributed by atoms with Crippen LogP contribution in [0.4, 0.5) is 0 Å². The fourth-order valence-electron chi connectivity index (χ4n) is 2.43. The standard InChI is InChI=1S/C18H13ClN4O2S/c19-12-5-6-16-21-13(9-23(16)8-12)10-25-18(24)11-26-17-7-20-14-3-1-2-4-15(14)22-17/h1-9H,10-11H2. The van der Waals surface area contributed by atoms with Crippen LogP contribution in [0.2, 0.25) is 5.02 Å². The number of esters is 1. The van der Waals surface area contributed by atoms with Gasteiger partial charge in [0.1, 0.15) is 17.3 Å². The number of benzene rings is 1. The minimum absolute atomic E-state index is 0.113. The van der Waals surface area contributed by atoms with Crippen molar-refractivity contribution in [2.75, 3.05) is 5.75 Å². The van der Waals surface area contributed by atoms with Gasteiger partial charge < -0.3 is 9.14 Å². The lowest BCUT2D eigenvalue weighted by molar-refractivity contribution is -0.141. The van der Waals surface area contributed by atoms with Crippen molar-refractivity contribution < 1.29 is 9.53 Å². The first-order chi connectivity index (χ1) is 12.7. The van der Waals surface area contributed by atoms with E-state index >= 15 is 0 Å². The highest BCUT2D eigenvalue weighted by molar-refractivity contribution is 7.99. The molecule has 130 valence electrons. The van der Waals surface area contributed by atoms with Gasteiger partial charge in [-0.2, -0.15) is 0 Å². The van der Waals surface area contributed by atoms with E-state index in [-0.39, 0.29) is 18.3 Å². The zero-order chi connectivity index (χ0) is 17.9. The van der Waals surface area contributed by atoms with Crippen molar-refractivity contribution >= 4 is 46.0 Å². The summed E-state index contributed by atoms with van der Waals surface area (Å²) in [6.45, 7) is 0.113. The summed E-state index contributed by atoms with van der Waals surface area (Å²) in [5, 5.41) is 1.30. The molecule has 0 N–H and O–H groups in total. The quantitative estimate of drug-likeness (QED) is 0.385. The number of ether oxygens (including phenoxy) is 1. The molecule has 1 aromatic carbocycles. The number of carbonyl (C=O) groups excluding carboxylic acids is 1. The van der Waals surface area contributed by atoms with Crippen LogP contribution in [0.25, 0.3) is 16.7 Å². The molecular formula is C18H13ClN4O2S. The van der Waals surface area contributed by atoms with Crippen molar-refractivity contribution in [2.24, 2.45) is 0 Å². The highest BCUT2D eigenvalue weighted by Gasteiger charge is 2.09. The molecule has 0 aliphatic rings. The number of rotatable bonds is 5. The number of hydrogen-bond donors (Lipinski definition) is 0. The predicted molar refractivity (Wildman–Crippen MR) is 100 cm³/mol. The van der Waals surface area contributed by atoms with E-state index in [2.05, 4.69) is 15.0 Å². The number of nitrogens with zero attached hydrogens (tertiary/aromatic N) is 4. The van der Waals surface area contributed by atoms with Crippen LogP contribution < -0.4 is 0 Å². The van der Waals surface area contributed by atoms with Crippen LogP contribution in [0, 0.1) is 0 Å². The van der Waals surface area contributed by atoms with Crippen molar-refractivity contribution in [3.63, 3.8) is 0 Å². The minimum Gasteiger partial charge on any atom is -0.458 e. The number of fused-ring (bicyclic) bond motifs is 2. The highest BCUT2D eigenvalue weighted by Crippen LogP contribution is 2.18. The second-order valence-electron chi connectivity index (χ2n) is 5.49. The molecule has 0 atom stereocenters. The molecule has 0 spiro atoms. The Morgan fingerprint density at radius 2 is 1.96 bits per heavy atom. The second-order valence-corrected chi connectivity index (χ2v) is 6.92. The average Bonchev–Trinajstić information content (AvgIpc) is 3.06. The first-order valence-electron chi connectivity index (χ1n) is 7.81. The van der Waals surface area contributed by atoms with E-state index in [0.29, 0.717) is 15.7 Å². The molecule has 0 saturated carbocycles. The third kappa shape index (κ3) is 3.79. The van der Waals surface area contributed by atoms with Crippen molar-refractivity contribution in [1.82, 2.24) is 19.4 Å². The zero-order valence-corrected chi connectivity index (χ0v) is 15.1. The predicted octanol–water partition coefficient (Wildman–Crippen LogP) is 3.77. The minimum atomic E-state index is -0.333. The van der Waals surface area contributed by atoms with Crippen molar-refractivity contribution in [2.45, 2.75) is 11.6 Å². The largest absolute Gasteiger partial charge is 0.458 e. The lowest BCUT2D eigenvalue weighted by Gasteiger charge is -2.03. The van der Waals surface area contributed by atoms with Gasteiger partial charge in [0.15, 0.2) is 0 Å². The monoisotopic (exact) mass is 384 g/mol. The van der Waals surface area contributed by atoms with Crippen molar-refractivity contribution in [3.8, 4) is 0 Å². The number of imidazole rings is 1. The summed E-state index contributed by atoms with van der Waals surface area (Å²) in [5.74, 6) is -0.174. The van der Waals surface area contributed by atoms with Gasteiger partial charge in [-0.15, -0.1) is 0 Å². The Morgan fingerprint density at radius 3 is 2.85 bits per heavy atom. The maximum absolute atomic E-state index is 12.0. The number of aromatic nitrogens is 4. The Kier molecular flexibility index (Phi) is 4.73. The molecule has 3 heterocycles. The van der Waals surface area contributed by atoms with E-state index in [9.17, 15) is 4.79 Å². The molecule has 0 unspecified atom stereocenters. The van der Waals surface area contributed by atoms with Crippen LogP contribution in [0.1, 0.15) is 5.69 Å². The zero-order valence-electron chi connectivity index (χ0n) is 13.5. The van der Waals surface area contributed by atoms with Crippen LogP contribution in [0.5, 0.6) is 0 Å². The van der Waals surface area contributed by atoms with Gasteiger partial charge in [0, 0.05) is 12.4 Å². The number of pyridine rings is 1. The van der Waals surface area contributed by atoms with Crippen molar-refractivity contribution in [1.29, 1.82) is 0 Å². The first-order valence-corrected chi connectivity index (χ1v) is 9.17. The summed E-state index contributed by atoms with van der Waals surface area (Å²) in [4.78, 5) is 25.1. The molecule has 6 nitrogen and oxygen atoms in total. The molecule has 0 aliphatic carbocycles. The maximum atomic E-state index is 12.0. The number of para-hydroxylation sites is 2. The third-order valence-electron chi connectivity index (χ3n) is 3.61. The number of hydrogen-bond acceptors (Lipinski definition) is 6. The van der Waals surface area contributed by atoms with Gasteiger partial charge in [-0.1, -0.05) is 35.5 Å². The van der Waals surface area contributed by atoms with Crippen LogP contribution in [0.15, 0.2) is 60.0 Å². The normalized spacial score (nSPS) is 11.1. The summed E-state index contributed by atoms with van der Waals surface area (Å²) in [5.41, 5.74) is 3.04. The van der Waals surface area contributed by atoms with Gasteiger partial charge in [-0.25, -0.2) is 9.97 Å². The van der Waals surface area contributed by atoms with Gasteiger partial charge in [0.2, 0.25) is 0 Å². The summed E-state index contributed by atoms with van der Waals surface area (Å²) in [6, 6.07) is 11.2. The molecule has 8 heteroatoms. The molecule has 4 aromatic rings. The maximum Gasteiger partial charge on any atom is 0.316 e. The highest BCUT2D eigenvalue weighted by atomic mass is 35.5. The first kappa shape index (κ1) is 16.8. The molecule has 26 heavy (non-hydrogen) atoms. The number of carbonyl (C=O) groups is 1. The SMILES string of the molecule is O=C(CSc1cnc2ccccc2n1)OCc1cn2cc(Cl)ccc2n1. The second kappa shape index (κ2) is 7.31. The van der Waals surface area contributed by atoms with Crippen LogP contribution in [-0.4, -0.2) is 31.1 Å². The van der Waals surface area contributed by atoms with Gasteiger partial charge >= 0.3 is 5.97 Å². The van der Waals surface area contributed by atoms with E-state index in [1.807, 2.05) is 30.3 Å². The van der Waals surface area contributed by atoms with E-state index in [1.54, 1.807) is 29.1 Å². The molecule has 0 saturated heterocycles. The Hall–Kier alpha value is -2.64. The van der Waals surface area contributed by atoms with Crippen molar-refractivity contribution in [3.05, 3.63) is 65.7 Å². The van der Waals surface area contributed by atoms with E-state index in [1.165, 1.54) is 11.8 Å². The average molecular weight is 385 g/mol. The lowest BCUT2D eigenvalue weighted by atomic mass is 10.3. The van der Waals surface area contributed by atoms with Gasteiger partial charge in [-0.05, 0) is 24.3 Å².